The smallest absolute Gasteiger partial charge is 0.227 e. The van der Waals surface area contributed by atoms with Gasteiger partial charge in [0.2, 0.25) is 5.95 Å². The predicted octanol–water partition coefficient (Wildman–Crippen LogP) is 2.95. The molecular formula is C18H19ClN8. The highest BCUT2D eigenvalue weighted by Gasteiger charge is 2.14. The van der Waals surface area contributed by atoms with Crippen LogP contribution < -0.4 is 5.32 Å². The molecule has 0 bridgehead atoms. The zero-order chi connectivity index (χ0) is 18.8. The van der Waals surface area contributed by atoms with Crippen molar-refractivity contribution in [3.05, 3.63) is 54.2 Å². The molecule has 138 valence electrons. The minimum Gasteiger partial charge on any atom is -0.321 e. The minimum atomic E-state index is 0.405. The monoisotopic (exact) mass is 382 g/mol. The van der Waals surface area contributed by atoms with Gasteiger partial charge in [0.1, 0.15) is 11.3 Å². The van der Waals surface area contributed by atoms with E-state index in [0.717, 1.165) is 30.1 Å². The lowest BCUT2D eigenvalue weighted by atomic mass is 10.3. The first-order valence-electron chi connectivity index (χ1n) is 8.50. The van der Waals surface area contributed by atoms with Gasteiger partial charge in [0.05, 0.1) is 24.1 Å². The van der Waals surface area contributed by atoms with Gasteiger partial charge in [-0.15, -0.1) is 0 Å². The van der Waals surface area contributed by atoms with E-state index in [1.807, 2.05) is 59.8 Å². The predicted molar refractivity (Wildman–Crippen MR) is 105 cm³/mol. The fourth-order valence-electron chi connectivity index (χ4n) is 2.73. The maximum Gasteiger partial charge on any atom is 0.227 e. The summed E-state index contributed by atoms with van der Waals surface area (Å²) in [6, 6.07) is 7.56. The highest BCUT2D eigenvalue weighted by atomic mass is 35.5. The molecule has 0 unspecified atom stereocenters. The Morgan fingerprint density at radius 1 is 1.19 bits per heavy atom. The van der Waals surface area contributed by atoms with Crippen molar-refractivity contribution < 1.29 is 0 Å². The average molecular weight is 383 g/mol. The maximum absolute atomic E-state index is 6.35. The van der Waals surface area contributed by atoms with Crippen LogP contribution in [0.15, 0.2) is 49.1 Å². The van der Waals surface area contributed by atoms with Crippen LogP contribution in [0.2, 0.25) is 5.15 Å². The number of rotatable bonds is 6. The summed E-state index contributed by atoms with van der Waals surface area (Å²) in [6.45, 7) is 1.73. The minimum absolute atomic E-state index is 0.405. The van der Waals surface area contributed by atoms with Crippen molar-refractivity contribution in [1.29, 1.82) is 0 Å². The number of hydrogen-bond acceptors (Lipinski definition) is 6. The van der Waals surface area contributed by atoms with E-state index in [0.29, 0.717) is 16.8 Å². The molecule has 4 aromatic rings. The summed E-state index contributed by atoms with van der Waals surface area (Å²) in [5, 5.41) is 7.94. The Hall–Kier alpha value is -2.97. The first kappa shape index (κ1) is 17.4. The number of anilines is 2. The first-order valence-corrected chi connectivity index (χ1v) is 8.88. The van der Waals surface area contributed by atoms with Crippen LogP contribution in [0.4, 0.5) is 11.6 Å². The van der Waals surface area contributed by atoms with E-state index in [2.05, 4.69) is 30.3 Å². The largest absolute Gasteiger partial charge is 0.321 e. The maximum atomic E-state index is 6.35. The zero-order valence-corrected chi connectivity index (χ0v) is 15.8. The second kappa shape index (κ2) is 7.34. The van der Waals surface area contributed by atoms with Crippen molar-refractivity contribution >= 4 is 28.9 Å². The summed E-state index contributed by atoms with van der Waals surface area (Å²) >= 11 is 6.35. The Bertz CT molecular complexity index is 1070. The number of likely N-dealkylation sites (N-methyl/N-ethyl adjacent to an activating group) is 1. The molecule has 4 rings (SSSR count). The van der Waals surface area contributed by atoms with Crippen molar-refractivity contribution in [2.45, 2.75) is 6.54 Å². The molecular weight excluding hydrogens is 364 g/mol. The van der Waals surface area contributed by atoms with Gasteiger partial charge in [0.25, 0.3) is 0 Å². The lowest BCUT2D eigenvalue weighted by molar-refractivity contribution is 0.373. The number of pyridine rings is 1. The fraction of sp³-hybridized carbons (Fsp3) is 0.222. The molecule has 0 aliphatic heterocycles. The summed E-state index contributed by atoms with van der Waals surface area (Å²) in [5.41, 5.74) is 3.03. The number of fused-ring (bicyclic) bond motifs is 1. The lowest BCUT2D eigenvalue weighted by Gasteiger charge is -2.08. The van der Waals surface area contributed by atoms with Crippen LogP contribution in [0, 0.1) is 0 Å². The Balaban J connectivity index is 1.59. The quantitative estimate of drug-likeness (QED) is 0.552. The van der Waals surface area contributed by atoms with Gasteiger partial charge in [-0.25, -0.2) is 15.0 Å². The molecule has 0 atom stereocenters. The van der Waals surface area contributed by atoms with Crippen LogP contribution >= 0.6 is 11.6 Å². The van der Waals surface area contributed by atoms with Crippen molar-refractivity contribution in [2.24, 2.45) is 0 Å². The third-order valence-corrected chi connectivity index (χ3v) is 4.31. The molecule has 0 amide bonds. The first-order chi connectivity index (χ1) is 13.1. The van der Waals surface area contributed by atoms with E-state index in [1.165, 1.54) is 0 Å². The lowest BCUT2D eigenvalue weighted by Crippen LogP contribution is -2.18. The third kappa shape index (κ3) is 3.76. The number of aromatic nitrogens is 6. The van der Waals surface area contributed by atoms with Gasteiger partial charge < -0.3 is 10.2 Å². The summed E-state index contributed by atoms with van der Waals surface area (Å²) < 4.78 is 3.79. The third-order valence-electron chi connectivity index (χ3n) is 4.05. The van der Waals surface area contributed by atoms with Gasteiger partial charge in [-0.05, 0) is 32.3 Å². The number of halogens is 1. The zero-order valence-electron chi connectivity index (χ0n) is 15.0. The number of hydrogen-bond donors (Lipinski definition) is 1. The van der Waals surface area contributed by atoms with E-state index in [-0.39, 0.29) is 0 Å². The van der Waals surface area contributed by atoms with Gasteiger partial charge in [-0.3, -0.25) is 9.08 Å². The molecule has 0 radical (unpaired) electrons. The normalized spacial score (nSPS) is 11.4. The topological polar surface area (TPSA) is 76.2 Å². The van der Waals surface area contributed by atoms with E-state index < -0.39 is 0 Å². The van der Waals surface area contributed by atoms with Gasteiger partial charge in [-0.1, -0.05) is 17.7 Å². The number of nitrogens with one attached hydrogen (secondary N) is 1. The highest BCUT2D eigenvalue weighted by Crippen LogP contribution is 2.28. The molecule has 8 nitrogen and oxygen atoms in total. The summed E-state index contributed by atoms with van der Waals surface area (Å²) in [5.74, 6) is 0.474. The van der Waals surface area contributed by atoms with Crippen molar-refractivity contribution in [3.8, 4) is 11.4 Å². The second-order valence-electron chi connectivity index (χ2n) is 6.37. The van der Waals surface area contributed by atoms with Gasteiger partial charge in [0, 0.05) is 25.1 Å². The van der Waals surface area contributed by atoms with Crippen molar-refractivity contribution in [1.82, 2.24) is 34.0 Å². The van der Waals surface area contributed by atoms with Crippen LogP contribution in [0.3, 0.4) is 0 Å². The van der Waals surface area contributed by atoms with E-state index in [1.54, 1.807) is 12.4 Å². The van der Waals surface area contributed by atoms with Crippen molar-refractivity contribution in [3.63, 3.8) is 0 Å². The van der Waals surface area contributed by atoms with Crippen LogP contribution in [0.25, 0.3) is 17.0 Å². The van der Waals surface area contributed by atoms with E-state index in [4.69, 9.17) is 11.6 Å². The van der Waals surface area contributed by atoms with Crippen molar-refractivity contribution in [2.75, 3.05) is 26.0 Å². The summed E-state index contributed by atoms with van der Waals surface area (Å²) in [4.78, 5) is 15.4. The molecule has 27 heavy (non-hydrogen) atoms. The molecule has 0 saturated carbocycles. The molecule has 0 fully saturated rings. The molecule has 9 heteroatoms. The van der Waals surface area contributed by atoms with Gasteiger partial charge in [-0.2, -0.15) is 5.10 Å². The SMILES string of the molecule is CN(C)CCn1cc(Nc2nccc(-c3c(Cl)nc4ccccn34)n2)cn1. The summed E-state index contributed by atoms with van der Waals surface area (Å²) in [6.07, 6.45) is 7.29. The Morgan fingerprint density at radius 2 is 2.07 bits per heavy atom. The molecule has 0 aliphatic carbocycles. The number of imidazole rings is 1. The van der Waals surface area contributed by atoms with Gasteiger partial charge >= 0.3 is 0 Å². The average Bonchev–Trinajstić information content (AvgIpc) is 3.23. The second-order valence-corrected chi connectivity index (χ2v) is 6.72. The number of nitrogens with zero attached hydrogens (tertiary/aromatic N) is 7. The molecule has 4 aromatic heterocycles. The molecule has 0 spiro atoms. The molecule has 0 aliphatic rings. The Kier molecular flexibility index (Phi) is 4.74. The van der Waals surface area contributed by atoms with Crippen LogP contribution in [0.5, 0.6) is 0 Å². The van der Waals surface area contributed by atoms with Crippen LogP contribution in [0.1, 0.15) is 0 Å². The molecule has 1 N–H and O–H groups in total. The fourth-order valence-corrected chi connectivity index (χ4v) is 3.00. The van der Waals surface area contributed by atoms with Crippen LogP contribution in [-0.4, -0.2) is 54.7 Å². The van der Waals surface area contributed by atoms with E-state index >= 15 is 0 Å². The Labute approximate surface area is 161 Å². The highest BCUT2D eigenvalue weighted by molar-refractivity contribution is 6.32. The molecule has 4 heterocycles. The standard InChI is InChI=1S/C18H19ClN8/c1-25(2)9-10-26-12-13(11-21-26)22-18-20-7-6-14(23-18)16-17(19)24-15-5-3-4-8-27(15)16/h3-8,11-12H,9-10H2,1-2H3,(H,20,22,23). The Morgan fingerprint density at radius 3 is 2.93 bits per heavy atom. The summed E-state index contributed by atoms with van der Waals surface area (Å²) in [7, 11) is 4.07. The molecule has 0 saturated heterocycles. The van der Waals surface area contributed by atoms with Gasteiger partial charge in [0.15, 0.2) is 5.15 Å². The van der Waals surface area contributed by atoms with Crippen LogP contribution in [-0.2, 0) is 6.54 Å². The molecule has 0 aromatic carbocycles. The van der Waals surface area contributed by atoms with E-state index in [9.17, 15) is 0 Å².